The van der Waals surface area contributed by atoms with Gasteiger partial charge in [-0.2, -0.15) is 0 Å². The summed E-state index contributed by atoms with van der Waals surface area (Å²) in [6.07, 6.45) is 3.69. The van der Waals surface area contributed by atoms with Crippen LogP contribution < -0.4 is 5.32 Å². The largest absolute Gasteiger partial charge is 0.306 e. The summed E-state index contributed by atoms with van der Waals surface area (Å²) in [4.78, 5) is 4.06. The molecule has 0 fully saturated rings. The van der Waals surface area contributed by atoms with Gasteiger partial charge in [-0.25, -0.2) is 0 Å². The van der Waals surface area contributed by atoms with Gasteiger partial charge in [0.2, 0.25) is 0 Å². The highest BCUT2D eigenvalue weighted by Crippen LogP contribution is 2.18. The van der Waals surface area contributed by atoms with Crippen molar-refractivity contribution < 1.29 is 0 Å². The molecule has 1 aromatic carbocycles. The molecule has 0 aliphatic heterocycles. The minimum absolute atomic E-state index is 0.336. The highest BCUT2D eigenvalue weighted by Gasteiger charge is 2.07. The summed E-state index contributed by atoms with van der Waals surface area (Å²) in [5, 5.41) is 3.59. The van der Waals surface area contributed by atoms with Crippen molar-refractivity contribution in [2.75, 3.05) is 0 Å². The van der Waals surface area contributed by atoms with E-state index in [4.69, 9.17) is 0 Å². The average molecular weight is 254 g/mol. The van der Waals surface area contributed by atoms with Crippen LogP contribution >= 0.6 is 0 Å². The highest BCUT2D eigenvalue weighted by molar-refractivity contribution is 5.37. The Labute approximate surface area is 115 Å². The first-order chi connectivity index (χ1) is 9.08. The summed E-state index contributed by atoms with van der Waals surface area (Å²) < 4.78 is 0. The fourth-order valence-corrected chi connectivity index (χ4v) is 2.51. The Morgan fingerprint density at radius 3 is 2.21 bits per heavy atom. The maximum Gasteiger partial charge on any atom is 0.0296 e. The van der Waals surface area contributed by atoms with Crippen molar-refractivity contribution in [3.63, 3.8) is 0 Å². The fourth-order valence-electron chi connectivity index (χ4n) is 2.51. The molecule has 0 amide bonds. The van der Waals surface area contributed by atoms with Crippen LogP contribution in [0.3, 0.4) is 0 Å². The van der Waals surface area contributed by atoms with Crippen molar-refractivity contribution in [2.24, 2.45) is 0 Å². The van der Waals surface area contributed by atoms with Gasteiger partial charge in [-0.15, -0.1) is 0 Å². The van der Waals surface area contributed by atoms with Crippen LogP contribution in [0.15, 0.2) is 36.7 Å². The summed E-state index contributed by atoms with van der Waals surface area (Å²) in [5.74, 6) is 0. The molecule has 2 rings (SSSR count). The van der Waals surface area contributed by atoms with Crippen LogP contribution in [0.4, 0.5) is 0 Å². The summed E-state index contributed by atoms with van der Waals surface area (Å²) in [5.41, 5.74) is 6.75. The first kappa shape index (κ1) is 13.8. The van der Waals surface area contributed by atoms with E-state index in [9.17, 15) is 0 Å². The topological polar surface area (TPSA) is 24.9 Å². The number of aryl methyl sites for hydroxylation is 3. The number of nitrogens with one attached hydrogen (secondary N) is 1. The Morgan fingerprint density at radius 1 is 1.05 bits per heavy atom. The number of rotatable bonds is 4. The van der Waals surface area contributed by atoms with Crippen LogP contribution in [0.1, 0.15) is 40.8 Å². The van der Waals surface area contributed by atoms with Gasteiger partial charge in [0.1, 0.15) is 0 Å². The van der Waals surface area contributed by atoms with Crippen molar-refractivity contribution >= 4 is 0 Å². The lowest BCUT2D eigenvalue weighted by molar-refractivity contribution is 0.571. The molecule has 1 N–H and O–H groups in total. The summed E-state index contributed by atoms with van der Waals surface area (Å²) in [6.45, 7) is 9.62. The van der Waals surface area contributed by atoms with Crippen molar-refractivity contribution in [3.05, 3.63) is 64.5 Å². The molecule has 0 saturated heterocycles. The fraction of sp³-hybridized carbons (Fsp3) is 0.353. The molecule has 2 heteroatoms. The van der Waals surface area contributed by atoms with E-state index in [1.165, 1.54) is 27.8 Å². The predicted molar refractivity (Wildman–Crippen MR) is 80.1 cm³/mol. The molecule has 0 saturated carbocycles. The van der Waals surface area contributed by atoms with Gasteiger partial charge >= 0.3 is 0 Å². The summed E-state index contributed by atoms with van der Waals surface area (Å²) >= 11 is 0. The van der Waals surface area contributed by atoms with Gasteiger partial charge in [0.15, 0.2) is 0 Å². The third-order valence-corrected chi connectivity index (χ3v) is 3.63. The molecule has 1 heterocycles. The van der Waals surface area contributed by atoms with Gasteiger partial charge in [-0.05, 0) is 62.1 Å². The number of nitrogens with zero attached hydrogens (tertiary/aromatic N) is 1. The van der Waals surface area contributed by atoms with E-state index in [1.807, 2.05) is 12.4 Å². The molecular formula is C17H22N2. The molecule has 0 unspecified atom stereocenters. The van der Waals surface area contributed by atoms with Crippen LogP contribution in [0, 0.1) is 20.8 Å². The Bertz CT molecular complexity index is 523. The molecule has 0 aliphatic carbocycles. The number of hydrogen-bond acceptors (Lipinski definition) is 2. The van der Waals surface area contributed by atoms with E-state index in [2.05, 4.69) is 62.3 Å². The van der Waals surface area contributed by atoms with Crippen molar-refractivity contribution in [1.82, 2.24) is 10.3 Å². The quantitative estimate of drug-likeness (QED) is 0.896. The zero-order valence-corrected chi connectivity index (χ0v) is 12.2. The number of hydrogen-bond donors (Lipinski definition) is 1. The van der Waals surface area contributed by atoms with Crippen LogP contribution in [0.2, 0.25) is 0 Å². The standard InChI is InChI=1S/C17H22N2/c1-12-9-13(2)17(14(3)10-12)11-19-15(4)16-5-7-18-8-6-16/h5-10,15,19H,11H2,1-4H3/t15-/m0/s1. The van der Waals surface area contributed by atoms with E-state index >= 15 is 0 Å². The van der Waals surface area contributed by atoms with E-state index < -0.39 is 0 Å². The molecule has 0 radical (unpaired) electrons. The molecule has 19 heavy (non-hydrogen) atoms. The minimum atomic E-state index is 0.336. The molecule has 2 nitrogen and oxygen atoms in total. The molecule has 0 bridgehead atoms. The molecule has 1 atom stereocenters. The van der Waals surface area contributed by atoms with Crippen molar-refractivity contribution in [3.8, 4) is 0 Å². The lowest BCUT2D eigenvalue weighted by Gasteiger charge is -2.17. The second-order valence-electron chi connectivity index (χ2n) is 5.26. The second-order valence-corrected chi connectivity index (χ2v) is 5.26. The molecule has 0 aliphatic rings. The average Bonchev–Trinajstić information content (AvgIpc) is 2.38. The maximum absolute atomic E-state index is 4.06. The zero-order chi connectivity index (χ0) is 13.8. The van der Waals surface area contributed by atoms with Crippen molar-refractivity contribution in [1.29, 1.82) is 0 Å². The molecule has 0 spiro atoms. The van der Waals surface area contributed by atoms with Crippen LogP contribution in [-0.2, 0) is 6.54 Å². The van der Waals surface area contributed by atoms with Crippen molar-refractivity contribution in [2.45, 2.75) is 40.3 Å². The Morgan fingerprint density at radius 2 is 1.63 bits per heavy atom. The first-order valence-electron chi connectivity index (χ1n) is 6.78. The Balaban J connectivity index is 2.07. The zero-order valence-electron chi connectivity index (χ0n) is 12.2. The van der Waals surface area contributed by atoms with E-state index in [0.29, 0.717) is 6.04 Å². The highest BCUT2D eigenvalue weighted by atomic mass is 14.9. The predicted octanol–water partition coefficient (Wildman–Crippen LogP) is 3.86. The third-order valence-electron chi connectivity index (χ3n) is 3.63. The lowest BCUT2D eigenvalue weighted by atomic mass is 9.99. The Kier molecular flexibility index (Phi) is 4.33. The second kappa shape index (κ2) is 5.98. The smallest absolute Gasteiger partial charge is 0.0296 e. The number of pyridine rings is 1. The van der Waals surface area contributed by atoms with Gasteiger partial charge in [-0.1, -0.05) is 17.7 Å². The molecule has 1 aromatic heterocycles. The van der Waals surface area contributed by atoms with E-state index in [-0.39, 0.29) is 0 Å². The maximum atomic E-state index is 4.06. The first-order valence-corrected chi connectivity index (χ1v) is 6.78. The van der Waals surface area contributed by atoms with Gasteiger partial charge in [0.05, 0.1) is 0 Å². The monoisotopic (exact) mass is 254 g/mol. The van der Waals surface area contributed by atoms with E-state index in [0.717, 1.165) is 6.54 Å². The summed E-state index contributed by atoms with van der Waals surface area (Å²) in [6, 6.07) is 8.96. The SMILES string of the molecule is Cc1cc(C)c(CN[C@@H](C)c2ccncc2)c(C)c1. The van der Waals surface area contributed by atoms with Gasteiger partial charge in [-0.3, -0.25) is 4.98 Å². The van der Waals surface area contributed by atoms with Gasteiger partial charge in [0.25, 0.3) is 0 Å². The lowest BCUT2D eigenvalue weighted by Crippen LogP contribution is -2.19. The van der Waals surface area contributed by atoms with Gasteiger partial charge < -0.3 is 5.32 Å². The third kappa shape index (κ3) is 3.42. The summed E-state index contributed by atoms with van der Waals surface area (Å²) in [7, 11) is 0. The molecule has 100 valence electrons. The van der Waals surface area contributed by atoms with E-state index in [1.54, 1.807) is 0 Å². The molecular weight excluding hydrogens is 232 g/mol. The Hall–Kier alpha value is -1.67. The minimum Gasteiger partial charge on any atom is -0.306 e. The number of aromatic nitrogens is 1. The van der Waals surface area contributed by atoms with Crippen LogP contribution in [0.25, 0.3) is 0 Å². The van der Waals surface area contributed by atoms with Crippen LogP contribution in [0.5, 0.6) is 0 Å². The molecule has 2 aromatic rings. The number of benzene rings is 1. The van der Waals surface area contributed by atoms with Gasteiger partial charge in [0, 0.05) is 25.0 Å². The normalized spacial score (nSPS) is 12.4. The van der Waals surface area contributed by atoms with Crippen LogP contribution in [-0.4, -0.2) is 4.98 Å².